The monoisotopic (exact) mass is 473 g/mol. The van der Waals surface area contributed by atoms with Crippen molar-refractivity contribution in [2.45, 2.75) is 51.4 Å². The third kappa shape index (κ3) is 5.31. The second-order valence-electron chi connectivity index (χ2n) is 9.01. The second kappa shape index (κ2) is 10.7. The molecule has 1 fully saturated rings. The molecule has 0 unspecified atom stereocenters. The topological polar surface area (TPSA) is 55.4 Å². The normalized spacial score (nSPS) is 18.4. The Morgan fingerprint density at radius 2 is 1.82 bits per heavy atom. The molecule has 2 heterocycles. The molecule has 176 valence electrons. The molecule has 0 saturated carbocycles. The Balaban J connectivity index is 1.43. The van der Waals surface area contributed by atoms with Crippen molar-refractivity contribution < 1.29 is 9.78 Å². The third-order valence-electron chi connectivity index (χ3n) is 6.08. The molecular formula is C28H31N3O2S. The molecule has 6 heteroatoms. The Labute approximate surface area is 205 Å². The zero-order valence-corrected chi connectivity index (χ0v) is 20.5. The van der Waals surface area contributed by atoms with Crippen LogP contribution in [-0.2, 0) is 11.4 Å². The fourth-order valence-corrected chi connectivity index (χ4v) is 5.52. The number of aromatic nitrogens is 1. The van der Waals surface area contributed by atoms with Crippen LogP contribution in [0.15, 0.2) is 72.8 Å². The van der Waals surface area contributed by atoms with E-state index in [4.69, 9.17) is 14.8 Å². The average molecular weight is 474 g/mol. The predicted octanol–water partition coefficient (Wildman–Crippen LogP) is 6.27. The highest BCUT2D eigenvalue weighted by Crippen LogP contribution is 2.35. The van der Waals surface area contributed by atoms with Crippen molar-refractivity contribution in [2.75, 3.05) is 6.54 Å². The third-order valence-corrected chi connectivity index (χ3v) is 7.13. The Kier molecular flexibility index (Phi) is 7.21. The lowest BCUT2D eigenvalue weighted by molar-refractivity contribution is -0.234. The molecule has 0 spiro atoms. The smallest absolute Gasteiger partial charge is 0.167 e. The number of hydrogen-bond donors (Lipinski definition) is 2. The number of piperidine rings is 1. The van der Waals surface area contributed by atoms with Crippen LogP contribution in [0.1, 0.15) is 43.9 Å². The number of fused-ring (bicyclic) bond motifs is 1. The highest BCUT2D eigenvalue weighted by atomic mass is 32.1. The van der Waals surface area contributed by atoms with Gasteiger partial charge in [-0.15, -0.1) is 11.3 Å². The minimum absolute atomic E-state index is 0.0152. The summed E-state index contributed by atoms with van der Waals surface area (Å²) < 4.78 is 1.10. The van der Waals surface area contributed by atoms with Crippen molar-refractivity contribution in [1.29, 1.82) is 0 Å². The summed E-state index contributed by atoms with van der Waals surface area (Å²) in [4.78, 5) is 16.1. The Bertz CT molecular complexity index is 1210. The first-order chi connectivity index (χ1) is 16.7. The van der Waals surface area contributed by atoms with E-state index < -0.39 is 0 Å². The van der Waals surface area contributed by atoms with Gasteiger partial charge in [-0.05, 0) is 50.4 Å². The molecule has 1 aromatic heterocycles. The summed E-state index contributed by atoms with van der Waals surface area (Å²) in [5, 5.41) is 8.55. The number of rotatable bonds is 8. The van der Waals surface area contributed by atoms with Gasteiger partial charge < -0.3 is 15.5 Å². The zero-order chi connectivity index (χ0) is 23.3. The molecule has 0 bridgehead atoms. The molecule has 0 aliphatic carbocycles. The highest BCUT2D eigenvalue weighted by Gasteiger charge is 2.26. The summed E-state index contributed by atoms with van der Waals surface area (Å²) in [6, 6.07) is 25.8. The summed E-state index contributed by atoms with van der Waals surface area (Å²) in [7, 11) is 0. The van der Waals surface area contributed by atoms with Crippen molar-refractivity contribution in [3.05, 3.63) is 83.9 Å². The number of hydrogen-bond acceptors (Lipinski definition) is 6. The van der Waals surface area contributed by atoms with Crippen molar-refractivity contribution in [1.82, 2.24) is 15.6 Å². The van der Waals surface area contributed by atoms with Crippen LogP contribution in [0.4, 0.5) is 0 Å². The first-order valence-electron chi connectivity index (χ1n) is 12.0. The minimum atomic E-state index is -0.0152. The molecule has 1 saturated heterocycles. The van der Waals surface area contributed by atoms with Crippen LogP contribution in [0.5, 0.6) is 5.75 Å². The molecule has 2 atom stereocenters. The second-order valence-corrected chi connectivity index (χ2v) is 10.0. The van der Waals surface area contributed by atoms with E-state index in [-0.39, 0.29) is 6.10 Å². The fraction of sp³-hybridized carbons (Fsp3) is 0.321. The van der Waals surface area contributed by atoms with E-state index in [0.29, 0.717) is 24.4 Å². The van der Waals surface area contributed by atoms with Gasteiger partial charge in [0.1, 0.15) is 5.01 Å². The van der Waals surface area contributed by atoms with Crippen LogP contribution < -0.4 is 15.5 Å². The van der Waals surface area contributed by atoms with E-state index in [1.807, 2.05) is 26.0 Å². The van der Waals surface area contributed by atoms with E-state index in [9.17, 15) is 0 Å². The van der Waals surface area contributed by atoms with Gasteiger partial charge in [-0.1, -0.05) is 60.7 Å². The maximum Gasteiger partial charge on any atom is 0.167 e. The molecule has 0 amide bonds. The van der Waals surface area contributed by atoms with Gasteiger partial charge in [-0.3, -0.25) is 0 Å². The highest BCUT2D eigenvalue weighted by molar-refractivity contribution is 7.21. The Morgan fingerprint density at radius 1 is 1.06 bits per heavy atom. The van der Waals surface area contributed by atoms with Gasteiger partial charge in [-0.2, -0.15) is 4.89 Å². The lowest BCUT2D eigenvalue weighted by Crippen LogP contribution is -2.45. The first kappa shape index (κ1) is 23.0. The first-order valence-corrected chi connectivity index (χ1v) is 12.8. The minimum Gasteiger partial charge on any atom is -0.337 e. The van der Waals surface area contributed by atoms with E-state index in [0.717, 1.165) is 45.7 Å². The lowest BCUT2D eigenvalue weighted by atomic mass is 9.92. The summed E-state index contributed by atoms with van der Waals surface area (Å²) >= 11 is 1.69. The van der Waals surface area contributed by atoms with Crippen molar-refractivity contribution in [2.24, 2.45) is 0 Å². The SMILES string of the molecule is CC(C)OOc1cc(CN[C@H]2CCCN[C@H]2c2ccccc2)c2nc(-c3ccccc3)sc2c1. The van der Waals surface area contributed by atoms with Crippen LogP contribution in [0.3, 0.4) is 0 Å². The molecule has 34 heavy (non-hydrogen) atoms. The van der Waals surface area contributed by atoms with E-state index in [1.165, 1.54) is 5.56 Å². The molecule has 2 N–H and O–H groups in total. The summed E-state index contributed by atoms with van der Waals surface area (Å²) in [6.07, 6.45) is 2.28. The lowest BCUT2D eigenvalue weighted by Gasteiger charge is -2.34. The van der Waals surface area contributed by atoms with Crippen LogP contribution in [-0.4, -0.2) is 23.7 Å². The zero-order valence-electron chi connectivity index (χ0n) is 19.7. The maximum absolute atomic E-state index is 5.65. The van der Waals surface area contributed by atoms with Crippen LogP contribution in [0.2, 0.25) is 0 Å². The maximum atomic E-state index is 5.65. The standard InChI is InChI=1S/C28H31N3O2S/c1-19(2)32-33-23-16-22(27-25(17-23)34-28(31-27)21-12-7-4-8-13-21)18-30-24-14-9-15-29-26(24)20-10-5-3-6-11-20/h3-8,10-13,16-17,19,24,26,29-30H,9,14-15,18H2,1-2H3/t24-,26-/m0/s1. The number of nitrogens with zero attached hydrogens (tertiary/aromatic N) is 1. The van der Waals surface area contributed by atoms with Gasteiger partial charge in [0.05, 0.1) is 16.3 Å². The molecule has 5 rings (SSSR count). The van der Waals surface area contributed by atoms with Gasteiger partial charge in [0.25, 0.3) is 0 Å². The van der Waals surface area contributed by atoms with Gasteiger partial charge >= 0.3 is 0 Å². The predicted molar refractivity (Wildman–Crippen MR) is 139 cm³/mol. The molecule has 4 aromatic rings. The van der Waals surface area contributed by atoms with Crippen LogP contribution in [0, 0.1) is 0 Å². The van der Waals surface area contributed by atoms with E-state index in [1.54, 1.807) is 11.3 Å². The molecule has 3 aromatic carbocycles. The Hall–Kier alpha value is -2.77. The molecular weight excluding hydrogens is 442 g/mol. The van der Waals surface area contributed by atoms with Gasteiger partial charge in [0, 0.05) is 30.3 Å². The van der Waals surface area contributed by atoms with Crippen LogP contribution in [0.25, 0.3) is 20.8 Å². The van der Waals surface area contributed by atoms with Crippen molar-refractivity contribution in [3.8, 4) is 16.3 Å². The summed E-state index contributed by atoms with van der Waals surface area (Å²) in [5.41, 5.74) is 4.60. The van der Waals surface area contributed by atoms with Crippen molar-refractivity contribution in [3.63, 3.8) is 0 Å². The fourth-order valence-electron chi connectivity index (χ4n) is 4.47. The molecule has 1 aliphatic heterocycles. The molecule has 0 radical (unpaired) electrons. The molecule has 5 nitrogen and oxygen atoms in total. The molecule has 1 aliphatic rings. The van der Waals surface area contributed by atoms with Gasteiger partial charge in [0.15, 0.2) is 5.75 Å². The summed E-state index contributed by atoms with van der Waals surface area (Å²) in [5.74, 6) is 0.711. The Morgan fingerprint density at radius 3 is 2.59 bits per heavy atom. The number of nitrogens with one attached hydrogen (secondary N) is 2. The largest absolute Gasteiger partial charge is 0.337 e. The van der Waals surface area contributed by atoms with Crippen LogP contribution >= 0.6 is 11.3 Å². The summed E-state index contributed by atoms with van der Waals surface area (Å²) in [6.45, 7) is 5.68. The van der Waals surface area contributed by atoms with Gasteiger partial charge in [0.2, 0.25) is 0 Å². The van der Waals surface area contributed by atoms with E-state index in [2.05, 4.69) is 71.3 Å². The number of benzene rings is 3. The van der Waals surface area contributed by atoms with Gasteiger partial charge in [-0.25, -0.2) is 4.98 Å². The van der Waals surface area contributed by atoms with Crippen molar-refractivity contribution >= 4 is 21.6 Å². The van der Waals surface area contributed by atoms with E-state index >= 15 is 0 Å². The average Bonchev–Trinajstić information content (AvgIpc) is 3.32. The number of thiazole rings is 1. The quantitative estimate of drug-likeness (QED) is 0.233.